The summed E-state index contributed by atoms with van der Waals surface area (Å²) in [5.41, 5.74) is 1.12. The molecule has 4 fully saturated rings. The average Bonchev–Trinajstić information content (AvgIpc) is 3.10. The summed E-state index contributed by atoms with van der Waals surface area (Å²) >= 11 is 0. The Morgan fingerprint density at radius 1 is 1.05 bits per heavy atom. The summed E-state index contributed by atoms with van der Waals surface area (Å²) in [7, 11) is 3.63. The van der Waals surface area contributed by atoms with E-state index >= 15 is 0 Å². The maximum atomic E-state index is 11.8. The molecule has 3 saturated heterocycles. The molecule has 1 aromatic carbocycles. The molecule has 2 N–H and O–H groups in total. The van der Waals surface area contributed by atoms with E-state index in [1.54, 1.807) is 7.11 Å². The Morgan fingerprint density at radius 3 is 2.35 bits per heavy atom. The molecule has 1 aromatic rings. The van der Waals surface area contributed by atoms with Gasteiger partial charge in [0, 0.05) is 23.4 Å². The van der Waals surface area contributed by atoms with Crippen molar-refractivity contribution in [2.45, 2.75) is 87.4 Å². The fourth-order valence-corrected chi connectivity index (χ4v) is 7.78. The van der Waals surface area contributed by atoms with Gasteiger partial charge in [0.2, 0.25) is 5.79 Å². The number of ether oxygens (including phenoxy) is 5. The maximum absolute atomic E-state index is 11.8. The maximum Gasteiger partial charge on any atom is 0.216 e. The van der Waals surface area contributed by atoms with Gasteiger partial charge in [-0.15, -0.1) is 0 Å². The minimum Gasteiger partial charge on any atom is -0.504 e. The Bertz CT molecular complexity index is 975. The van der Waals surface area contributed by atoms with Gasteiger partial charge in [0.05, 0.1) is 26.4 Å². The molecule has 5 aliphatic rings. The Balaban J connectivity index is 1.29. The molecule has 206 valence electrons. The largest absolute Gasteiger partial charge is 0.504 e. The van der Waals surface area contributed by atoms with E-state index in [4.69, 9.17) is 23.7 Å². The second-order valence-corrected chi connectivity index (χ2v) is 12.1. The van der Waals surface area contributed by atoms with Crippen LogP contribution in [-0.4, -0.2) is 86.0 Å². The van der Waals surface area contributed by atoms with E-state index in [1.165, 1.54) is 25.7 Å². The number of hydrogen-bond donors (Lipinski definition) is 2. The van der Waals surface area contributed by atoms with Crippen molar-refractivity contribution < 1.29 is 33.9 Å². The van der Waals surface area contributed by atoms with Gasteiger partial charge in [-0.05, 0) is 69.2 Å². The van der Waals surface area contributed by atoms with Gasteiger partial charge in [-0.2, -0.15) is 0 Å². The molecule has 1 saturated carbocycles. The Kier molecular flexibility index (Phi) is 6.74. The van der Waals surface area contributed by atoms with Gasteiger partial charge in [-0.25, -0.2) is 0 Å². The number of nitrogens with zero attached hydrogens (tertiary/aromatic N) is 1. The van der Waals surface area contributed by atoms with Gasteiger partial charge >= 0.3 is 0 Å². The molecule has 1 spiro atoms. The van der Waals surface area contributed by atoms with Crippen molar-refractivity contribution in [2.75, 3.05) is 47.1 Å². The normalized spacial score (nSPS) is 42.1. The zero-order valence-corrected chi connectivity index (χ0v) is 22.5. The van der Waals surface area contributed by atoms with Crippen LogP contribution >= 0.6 is 0 Å². The zero-order valence-electron chi connectivity index (χ0n) is 22.5. The van der Waals surface area contributed by atoms with Gasteiger partial charge in [-0.3, -0.25) is 0 Å². The average molecular weight is 518 g/mol. The van der Waals surface area contributed by atoms with Crippen LogP contribution < -0.4 is 4.74 Å². The van der Waals surface area contributed by atoms with Crippen molar-refractivity contribution in [3.63, 3.8) is 0 Å². The van der Waals surface area contributed by atoms with Crippen LogP contribution in [0.3, 0.4) is 0 Å². The van der Waals surface area contributed by atoms with Crippen LogP contribution in [0.1, 0.15) is 63.0 Å². The highest BCUT2D eigenvalue weighted by Crippen LogP contribution is 2.55. The van der Waals surface area contributed by atoms with Crippen molar-refractivity contribution in [3.8, 4) is 11.5 Å². The van der Waals surface area contributed by atoms with Crippen LogP contribution in [0.15, 0.2) is 12.1 Å². The van der Waals surface area contributed by atoms with Crippen molar-refractivity contribution in [1.82, 2.24) is 4.90 Å². The number of rotatable bonds is 4. The molecular formula is C29H43NO7. The van der Waals surface area contributed by atoms with Gasteiger partial charge in [0.1, 0.15) is 13.2 Å². The highest BCUT2D eigenvalue weighted by molar-refractivity contribution is 5.56. The van der Waals surface area contributed by atoms with Crippen LogP contribution in [0.2, 0.25) is 0 Å². The third-order valence-corrected chi connectivity index (χ3v) is 10.2. The number of aromatic hydroxyl groups is 1. The Labute approximate surface area is 220 Å². The number of benzene rings is 1. The van der Waals surface area contributed by atoms with Gasteiger partial charge in [-0.1, -0.05) is 25.8 Å². The van der Waals surface area contributed by atoms with Crippen LogP contribution in [0.5, 0.6) is 11.5 Å². The van der Waals surface area contributed by atoms with E-state index in [1.807, 2.05) is 12.1 Å². The van der Waals surface area contributed by atoms with Crippen LogP contribution in [0.4, 0.5) is 0 Å². The third-order valence-electron chi connectivity index (χ3n) is 10.2. The first kappa shape index (κ1) is 25.8. The molecule has 6 rings (SSSR count). The van der Waals surface area contributed by atoms with Gasteiger partial charge in [0.15, 0.2) is 17.3 Å². The molecule has 2 bridgehead atoms. The molecule has 3 unspecified atom stereocenters. The van der Waals surface area contributed by atoms with Gasteiger partial charge < -0.3 is 38.8 Å². The highest BCUT2D eigenvalue weighted by Gasteiger charge is 2.59. The van der Waals surface area contributed by atoms with E-state index < -0.39 is 23.1 Å². The first-order valence-electron chi connectivity index (χ1n) is 14.2. The number of piperidine rings is 1. The standard InChI is InChI=1S/C29H43NO7/c1-4-28(36-17-29(18-37-28)34-14-20-7-5-6-8-21(20)15-35-29)16-27-11-12-30(2)22(26(27)32)13-19-9-10-23(33-3)25(31)24(19)27/h9-10,20-22,26,31-32H,4-8,11-18H2,1-3H3/t20?,21?,22-,26?,27-,28?,29?/m1/s1. The molecule has 2 aliphatic carbocycles. The van der Waals surface area contributed by atoms with E-state index in [0.717, 1.165) is 17.7 Å². The lowest BCUT2D eigenvalue weighted by molar-refractivity contribution is -0.390. The number of aliphatic hydroxyl groups excluding tert-OH is 1. The molecule has 3 aliphatic heterocycles. The number of phenols is 1. The van der Waals surface area contributed by atoms with E-state index in [9.17, 15) is 10.2 Å². The van der Waals surface area contributed by atoms with Crippen LogP contribution in [0, 0.1) is 11.8 Å². The lowest BCUT2D eigenvalue weighted by Crippen LogP contribution is -2.65. The lowest BCUT2D eigenvalue weighted by Gasteiger charge is -2.57. The summed E-state index contributed by atoms with van der Waals surface area (Å²) in [6, 6.07) is 3.82. The minimum absolute atomic E-state index is 0.0326. The molecule has 0 radical (unpaired) electrons. The minimum atomic E-state index is -0.914. The summed E-state index contributed by atoms with van der Waals surface area (Å²) in [6.45, 7) is 4.85. The summed E-state index contributed by atoms with van der Waals surface area (Å²) in [5, 5.41) is 23.2. The zero-order chi connectivity index (χ0) is 25.8. The summed E-state index contributed by atoms with van der Waals surface area (Å²) < 4.78 is 31.4. The number of likely N-dealkylation sites (tertiary alicyclic amines) is 1. The van der Waals surface area contributed by atoms with E-state index in [2.05, 4.69) is 18.9 Å². The fourth-order valence-electron chi connectivity index (χ4n) is 7.78. The van der Waals surface area contributed by atoms with E-state index in [-0.39, 0.29) is 11.8 Å². The molecule has 37 heavy (non-hydrogen) atoms. The Morgan fingerprint density at radius 2 is 1.73 bits per heavy atom. The SMILES string of the molecule is CCC1(C[C@]23CCN(C)[C@H](Cc4ccc(OC)c(O)c42)C3O)OCC2(CO1)OCC1CCCCC1CO2. The predicted molar refractivity (Wildman–Crippen MR) is 137 cm³/mol. The summed E-state index contributed by atoms with van der Waals surface area (Å²) in [5.74, 6) is -0.140. The van der Waals surface area contributed by atoms with Crippen molar-refractivity contribution in [2.24, 2.45) is 11.8 Å². The molecule has 0 aromatic heterocycles. The predicted octanol–water partition coefficient (Wildman–Crippen LogP) is 3.35. The molecule has 5 atom stereocenters. The molecule has 0 amide bonds. The smallest absolute Gasteiger partial charge is 0.216 e. The van der Waals surface area contributed by atoms with Crippen molar-refractivity contribution >= 4 is 0 Å². The number of fused-ring (bicyclic) bond motifs is 5. The molecule has 3 heterocycles. The summed E-state index contributed by atoms with van der Waals surface area (Å²) in [6.07, 6.45) is 6.69. The van der Waals surface area contributed by atoms with Crippen molar-refractivity contribution in [1.29, 1.82) is 0 Å². The number of aliphatic hydroxyl groups is 1. The first-order valence-corrected chi connectivity index (χ1v) is 14.2. The summed E-state index contributed by atoms with van der Waals surface area (Å²) in [4.78, 5) is 2.23. The number of hydrogen-bond acceptors (Lipinski definition) is 8. The van der Waals surface area contributed by atoms with E-state index in [0.29, 0.717) is 69.7 Å². The topological polar surface area (TPSA) is 89.9 Å². The highest BCUT2D eigenvalue weighted by atomic mass is 16.8. The van der Waals surface area contributed by atoms with Crippen LogP contribution in [0.25, 0.3) is 0 Å². The quantitative estimate of drug-likeness (QED) is 0.629. The number of methoxy groups -OCH3 is 1. The number of phenolic OH excluding ortho intramolecular Hbond substituents is 1. The second-order valence-electron chi connectivity index (χ2n) is 12.1. The monoisotopic (exact) mass is 517 g/mol. The first-order chi connectivity index (χ1) is 17.8. The van der Waals surface area contributed by atoms with Crippen molar-refractivity contribution in [3.05, 3.63) is 23.3 Å². The number of likely N-dealkylation sites (N-methyl/N-ethyl adjacent to an activating group) is 1. The Hall–Kier alpha value is -1.42. The molecule has 8 heteroatoms. The second kappa shape index (κ2) is 9.65. The van der Waals surface area contributed by atoms with Gasteiger partial charge in [0.25, 0.3) is 0 Å². The molecule has 8 nitrogen and oxygen atoms in total. The third kappa shape index (κ3) is 4.19. The van der Waals surface area contributed by atoms with Crippen LogP contribution in [-0.2, 0) is 30.8 Å². The molecular weight excluding hydrogens is 474 g/mol. The lowest BCUT2D eigenvalue weighted by atomic mass is 9.58. The fraction of sp³-hybridized carbons (Fsp3) is 0.793.